The van der Waals surface area contributed by atoms with Crippen molar-refractivity contribution in [3.63, 3.8) is 0 Å². The highest BCUT2D eigenvalue weighted by Gasteiger charge is 2.32. The van der Waals surface area contributed by atoms with Crippen LogP contribution in [0, 0.1) is 5.95 Å². The van der Waals surface area contributed by atoms with E-state index in [-0.39, 0.29) is 23.5 Å². The van der Waals surface area contributed by atoms with Gasteiger partial charge in [0.25, 0.3) is 0 Å². The Kier molecular flexibility index (Phi) is 4.72. The Labute approximate surface area is 133 Å². The number of alkyl carbamates (subject to hydrolysis) is 1. The largest absolute Gasteiger partial charge is 0.478 e. The van der Waals surface area contributed by atoms with Gasteiger partial charge in [-0.3, -0.25) is 0 Å². The summed E-state index contributed by atoms with van der Waals surface area (Å²) < 4.78 is 18.3. The second-order valence-electron chi connectivity index (χ2n) is 6.49. The number of pyridine rings is 1. The van der Waals surface area contributed by atoms with Gasteiger partial charge in [0, 0.05) is 12.1 Å². The van der Waals surface area contributed by atoms with Crippen molar-refractivity contribution >= 4 is 17.9 Å². The minimum atomic E-state index is -1.18. The Morgan fingerprint density at radius 2 is 1.96 bits per heavy atom. The molecule has 0 aromatic carbocycles. The van der Waals surface area contributed by atoms with Crippen molar-refractivity contribution < 1.29 is 23.8 Å². The zero-order valence-electron chi connectivity index (χ0n) is 13.2. The normalized spacial score (nSPS) is 20.3. The highest BCUT2D eigenvalue weighted by Crippen LogP contribution is 2.25. The third kappa shape index (κ3) is 4.80. The van der Waals surface area contributed by atoms with Crippen LogP contribution in [0.15, 0.2) is 12.1 Å². The fourth-order valence-electron chi connectivity index (χ4n) is 2.24. The summed E-state index contributed by atoms with van der Waals surface area (Å²) in [5, 5.41) is 14.7. The molecule has 1 aliphatic carbocycles. The molecule has 0 atom stereocenters. The molecule has 3 N–H and O–H groups in total. The molecule has 0 radical (unpaired) electrons. The maximum absolute atomic E-state index is 13.2. The summed E-state index contributed by atoms with van der Waals surface area (Å²) in [4.78, 5) is 26.3. The molecular formula is C15H20FN3O4. The topological polar surface area (TPSA) is 101 Å². The Balaban J connectivity index is 1.86. The van der Waals surface area contributed by atoms with E-state index in [0.29, 0.717) is 12.8 Å². The molecule has 2 rings (SSSR count). The number of aromatic nitrogens is 1. The minimum absolute atomic E-state index is 0.00165. The van der Waals surface area contributed by atoms with Crippen LogP contribution in [0.3, 0.4) is 0 Å². The average molecular weight is 325 g/mol. The summed E-state index contributed by atoms with van der Waals surface area (Å²) in [6.07, 6.45) is 0.670. The Bertz CT molecular complexity index is 609. The number of hydrogen-bond acceptors (Lipinski definition) is 5. The summed E-state index contributed by atoms with van der Waals surface area (Å²) >= 11 is 0. The van der Waals surface area contributed by atoms with Crippen LogP contribution in [0.1, 0.15) is 44.0 Å². The van der Waals surface area contributed by atoms with Gasteiger partial charge in [-0.05, 0) is 45.7 Å². The zero-order chi connectivity index (χ0) is 17.2. The number of carbonyl (C=O) groups excluding carboxylic acids is 1. The third-order valence-electron chi connectivity index (χ3n) is 3.29. The first-order chi connectivity index (χ1) is 10.6. The number of hydrogen-bond donors (Lipinski definition) is 3. The molecule has 8 heteroatoms. The maximum Gasteiger partial charge on any atom is 0.407 e. The van der Waals surface area contributed by atoms with Gasteiger partial charge in [-0.15, -0.1) is 0 Å². The molecule has 1 aromatic heterocycles. The first kappa shape index (κ1) is 17.0. The van der Waals surface area contributed by atoms with Gasteiger partial charge < -0.3 is 20.5 Å². The molecule has 1 saturated carbocycles. The van der Waals surface area contributed by atoms with E-state index in [2.05, 4.69) is 15.6 Å². The van der Waals surface area contributed by atoms with Gasteiger partial charge in [-0.25, -0.2) is 14.6 Å². The second kappa shape index (κ2) is 6.39. The van der Waals surface area contributed by atoms with Crippen molar-refractivity contribution in [2.75, 3.05) is 5.32 Å². The lowest BCUT2D eigenvalue weighted by Gasteiger charge is -2.37. The van der Waals surface area contributed by atoms with Crippen LogP contribution < -0.4 is 10.6 Å². The Hall–Kier alpha value is -2.38. The molecule has 0 spiro atoms. The highest BCUT2D eigenvalue weighted by atomic mass is 19.1. The number of amides is 1. The molecule has 7 nitrogen and oxygen atoms in total. The summed E-state index contributed by atoms with van der Waals surface area (Å²) in [5.74, 6) is -1.93. The molecule has 23 heavy (non-hydrogen) atoms. The molecule has 1 amide bonds. The maximum atomic E-state index is 13.2. The van der Waals surface area contributed by atoms with Gasteiger partial charge in [0.15, 0.2) is 0 Å². The summed E-state index contributed by atoms with van der Waals surface area (Å²) in [5.41, 5.74) is -0.650. The number of rotatable bonds is 4. The quantitative estimate of drug-likeness (QED) is 0.735. The van der Waals surface area contributed by atoms with E-state index in [0.717, 1.165) is 6.07 Å². The number of carboxylic acid groups (broad SMARTS) is 1. The Morgan fingerprint density at radius 1 is 1.30 bits per heavy atom. The van der Waals surface area contributed by atoms with Gasteiger partial charge in [-0.2, -0.15) is 4.39 Å². The van der Waals surface area contributed by atoms with E-state index >= 15 is 0 Å². The van der Waals surface area contributed by atoms with Gasteiger partial charge in [0.2, 0.25) is 5.95 Å². The van der Waals surface area contributed by atoms with Crippen molar-refractivity contribution in [2.24, 2.45) is 0 Å². The van der Waals surface area contributed by atoms with Crippen molar-refractivity contribution in [2.45, 2.75) is 51.3 Å². The minimum Gasteiger partial charge on any atom is -0.478 e. The van der Waals surface area contributed by atoms with Crippen molar-refractivity contribution in [1.82, 2.24) is 10.3 Å². The Morgan fingerprint density at radius 3 is 2.52 bits per heavy atom. The average Bonchev–Trinajstić information content (AvgIpc) is 2.33. The van der Waals surface area contributed by atoms with Crippen molar-refractivity contribution in [1.29, 1.82) is 0 Å². The predicted octanol–water partition coefficient (Wildman–Crippen LogP) is 2.39. The molecule has 126 valence electrons. The number of aromatic carboxylic acids is 1. The highest BCUT2D eigenvalue weighted by molar-refractivity contribution is 5.93. The zero-order valence-corrected chi connectivity index (χ0v) is 13.2. The lowest BCUT2D eigenvalue weighted by Crippen LogP contribution is -2.51. The van der Waals surface area contributed by atoms with E-state index in [9.17, 15) is 14.0 Å². The SMILES string of the molecule is CC(C)(C)OC(=O)NC1CC(Nc2nc(F)ccc2C(=O)O)C1. The van der Waals surface area contributed by atoms with Crippen LogP contribution in [0.4, 0.5) is 15.0 Å². The fourth-order valence-corrected chi connectivity index (χ4v) is 2.24. The second-order valence-corrected chi connectivity index (χ2v) is 6.49. The number of anilines is 1. The number of halogens is 1. The van der Waals surface area contributed by atoms with Crippen LogP contribution in [-0.2, 0) is 4.74 Å². The molecule has 0 bridgehead atoms. The molecular weight excluding hydrogens is 305 g/mol. The van der Waals surface area contributed by atoms with E-state index in [1.165, 1.54) is 6.07 Å². The van der Waals surface area contributed by atoms with Crippen molar-refractivity contribution in [3.8, 4) is 0 Å². The van der Waals surface area contributed by atoms with E-state index < -0.39 is 23.6 Å². The van der Waals surface area contributed by atoms with Gasteiger partial charge in [0.1, 0.15) is 17.0 Å². The van der Waals surface area contributed by atoms with Crippen molar-refractivity contribution in [3.05, 3.63) is 23.6 Å². The summed E-state index contributed by atoms with van der Waals surface area (Å²) in [6.45, 7) is 5.34. The first-order valence-corrected chi connectivity index (χ1v) is 7.30. The number of ether oxygens (including phenoxy) is 1. The first-order valence-electron chi connectivity index (χ1n) is 7.30. The van der Waals surface area contributed by atoms with Crippen LogP contribution in [0.25, 0.3) is 0 Å². The van der Waals surface area contributed by atoms with Crippen LogP contribution in [0.2, 0.25) is 0 Å². The number of carbonyl (C=O) groups is 2. The molecule has 1 fully saturated rings. The van der Waals surface area contributed by atoms with Gasteiger partial charge >= 0.3 is 12.1 Å². The monoisotopic (exact) mass is 325 g/mol. The number of carboxylic acids is 1. The lowest BCUT2D eigenvalue weighted by molar-refractivity contribution is 0.0475. The molecule has 1 aromatic rings. The molecule has 0 saturated heterocycles. The van der Waals surface area contributed by atoms with E-state index in [1.807, 2.05) is 0 Å². The molecule has 1 heterocycles. The van der Waals surface area contributed by atoms with Gasteiger partial charge in [0.05, 0.1) is 0 Å². The van der Waals surface area contributed by atoms with E-state index in [1.54, 1.807) is 20.8 Å². The summed E-state index contributed by atoms with van der Waals surface area (Å²) in [7, 11) is 0. The van der Waals surface area contributed by atoms with Gasteiger partial charge in [-0.1, -0.05) is 0 Å². The molecule has 1 aliphatic rings. The standard InChI is InChI=1S/C15H20FN3O4/c1-15(2,3)23-14(22)18-9-6-8(7-9)17-12-10(13(20)21)4-5-11(16)19-12/h4-5,8-9H,6-7H2,1-3H3,(H,17,19)(H,18,22)(H,20,21). The van der Waals surface area contributed by atoms with E-state index in [4.69, 9.17) is 9.84 Å². The van der Waals surface area contributed by atoms with Crippen LogP contribution >= 0.6 is 0 Å². The predicted molar refractivity (Wildman–Crippen MR) is 81.0 cm³/mol. The third-order valence-corrected chi connectivity index (χ3v) is 3.29. The van der Waals surface area contributed by atoms with Crippen LogP contribution in [-0.4, -0.2) is 39.8 Å². The molecule has 0 aliphatic heterocycles. The molecule has 0 unspecified atom stereocenters. The smallest absolute Gasteiger partial charge is 0.407 e. The fraction of sp³-hybridized carbons (Fsp3) is 0.533. The summed E-state index contributed by atoms with van der Waals surface area (Å²) in [6, 6.07) is 2.02. The lowest BCUT2D eigenvalue weighted by atomic mass is 9.87. The number of nitrogens with one attached hydrogen (secondary N) is 2. The van der Waals surface area contributed by atoms with Crippen LogP contribution in [0.5, 0.6) is 0 Å². The number of nitrogens with zero attached hydrogens (tertiary/aromatic N) is 1.